The second-order valence-electron chi connectivity index (χ2n) is 7.64. The highest BCUT2D eigenvalue weighted by molar-refractivity contribution is 5.97. The number of hydrogen-bond acceptors (Lipinski definition) is 5. The molecule has 2 amide bonds. The van der Waals surface area contributed by atoms with Crippen LogP contribution < -0.4 is 5.32 Å². The van der Waals surface area contributed by atoms with E-state index in [9.17, 15) is 9.59 Å². The predicted molar refractivity (Wildman–Crippen MR) is 105 cm³/mol. The van der Waals surface area contributed by atoms with Crippen LogP contribution in [0.3, 0.4) is 0 Å². The smallest absolute Gasteiger partial charge is 0.229 e. The van der Waals surface area contributed by atoms with Crippen LogP contribution in [-0.2, 0) is 16.1 Å². The molecule has 29 heavy (non-hydrogen) atoms. The van der Waals surface area contributed by atoms with Gasteiger partial charge in [-0.05, 0) is 37.1 Å². The quantitative estimate of drug-likeness (QED) is 0.672. The van der Waals surface area contributed by atoms with Gasteiger partial charge in [0.05, 0.1) is 18.7 Å². The lowest BCUT2D eigenvalue weighted by atomic mass is 10.1. The maximum Gasteiger partial charge on any atom is 0.229 e. The average Bonchev–Trinajstić information content (AvgIpc) is 3.10. The summed E-state index contributed by atoms with van der Waals surface area (Å²) in [5.74, 6) is 2.19. The summed E-state index contributed by atoms with van der Waals surface area (Å²) in [6, 6.07) is 11.1. The molecule has 1 saturated heterocycles. The molecule has 2 N–H and O–H groups in total. The number of H-pyrrole nitrogens is 1. The molecule has 2 aromatic heterocycles. The number of aromatic nitrogens is 3. The van der Waals surface area contributed by atoms with Crippen molar-refractivity contribution in [1.82, 2.24) is 20.1 Å². The minimum atomic E-state index is -0.383. The third kappa shape index (κ3) is 3.78. The largest absolute Gasteiger partial charge is 0.467 e. The summed E-state index contributed by atoms with van der Waals surface area (Å²) in [4.78, 5) is 31.2. The van der Waals surface area contributed by atoms with E-state index in [2.05, 4.69) is 20.5 Å². The van der Waals surface area contributed by atoms with Crippen LogP contribution in [0.5, 0.6) is 0 Å². The summed E-state index contributed by atoms with van der Waals surface area (Å²) in [7, 11) is 0. The van der Waals surface area contributed by atoms with Crippen molar-refractivity contribution in [2.75, 3.05) is 11.9 Å². The molecular formula is C21H21N5O3. The summed E-state index contributed by atoms with van der Waals surface area (Å²) in [5, 5.41) is 10.2. The number of amides is 2. The summed E-state index contributed by atoms with van der Waals surface area (Å²) >= 11 is 0. The summed E-state index contributed by atoms with van der Waals surface area (Å²) in [5.41, 5.74) is 1.51. The number of likely N-dealkylation sites (tertiary alicyclic amines) is 1. The Bertz CT molecular complexity index is 1040. The number of nitrogens with zero attached hydrogens (tertiary/aromatic N) is 3. The second kappa shape index (κ2) is 7.20. The van der Waals surface area contributed by atoms with Crippen molar-refractivity contribution in [1.29, 1.82) is 0 Å². The first-order chi connectivity index (χ1) is 14.2. The van der Waals surface area contributed by atoms with Gasteiger partial charge in [0, 0.05) is 30.1 Å². The normalized spacial score (nSPS) is 19.0. The zero-order valence-electron chi connectivity index (χ0n) is 15.8. The fraction of sp³-hybridized carbons (Fsp3) is 0.333. The van der Waals surface area contributed by atoms with Crippen molar-refractivity contribution in [2.24, 2.45) is 5.92 Å². The van der Waals surface area contributed by atoms with E-state index in [1.165, 1.54) is 0 Å². The zero-order valence-corrected chi connectivity index (χ0v) is 15.8. The number of rotatable bonds is 6. The molecular weight excluding hydrogens is 370 g/mol. The van der Waals surface area contributed by atoms with Gasteiger partial charge >= 0.3 is 0 Å². The Hall–Kier alpha value is -3.42. The van der Waals surface area contributed by atoms with Crippen LogP contribution in [0.15, 0.2) is 47.1 Å². The lowest BCUT2D eigenvalue weighted by Gasteiger charge is -2.15. The number of anilines is 1. The van der Waals surface area contributed by atoms with Crippen LogP contribution in [0.1, 0.15) is 36.8 Å². The van der Waals surface area contributed by atoms with Gasteiger partial charge in [-0.15, -0.1) is 0 Å². The fourth-order valence-electron chi connectivity index (χ4n) is 3.61. The molecule has 5 rings (SSSR count). The molecule has 0 bridgehead atoms. The van der Waals surface area contributed by atoms with Gasteiger partial charge < -0.3 is 14.6 Å². The van der Waals surface area contributed by atoms with E-state index < -0.39 is 0 Å². The predicted octanol–water partition coefficient (Wildman–Crippen LogP) is 2.93. The molecule has 2 fully saturated rings. The van der Waals surface area contributed by atoms with Crippen molar-refractivity contribution in [3.05, 3.63) is 54.2 Å². The van der Waals surface area contributed by atoms with Crippen molar-refractivity contribution in [2.45, 2.75) is 31.7 Å². The van der Waals surface area contributed by atoms with Gasteiger partial charge in [0.2, 0.25) is 11.8 Å². The molecule has 2 aliphatic rings. The van der Waals surface area contributed by atoms with E-state index >= 15 is 0 Å². The topological polar surface area (TPSA) is 104 Å². The third-order valence-corrected chi connectivity index (χ3v) is 5.37. The number of benzene rings is 1. The van der Waals surface area contributed by atoms with E-state index in [0.717, 1.165) is 24.2 Å². The van der Waals surface area contributed by atoms with Gasteiger partial charge in [-0.1, -0.05) is 12.1 Å². The first kappa shape index (κ1) is 17.7. The molecule has 3 heterocycles. The lowest BCUT2D eigenvalue weighted by molar-refractivity contribution is -0.128. The van der Waals surface area contributed by atoms with Crippen LogP contribution >= 0.6 is 0 Å². The highest BCUT2D eigenvalue weighted by Gasteiger charge is 2.34. The Balaban J connectivity index is 1.24. The second-order valence-corrected chi connectivity index (χ2v) is 7.64. The van der Waals surface area contributed by atoms with E-state index in [1.54, 1.807) is 17.2 Å². The van der Waals surface area contributed by atoms with Crippen molar-refractivity contribution in [3.63, 3.8) is 0 Å². The number of aromatic amines is 1. The first-order valence-corrected chi connectivity index (χ1v) is 9.79. The molecule has 148 valence electrons. The molecule has 0 spiro atoms. The molecule has 8 nitrogen and oxygen atoms in total. The Kier molecular flexibility index (Phi) is 4.38. The van der Waals surface area contributed by atoms with Crippen molar-refractivity contribution in [3.8, 4) is 11.4 Å². The van der Waals surface area contributed by atoms with Gasteiger partial charge in [0.1, 0.15) is 11.6 Å². The minimum absolute atomic E-state index is 0.0383. The SMILES string of the molecule is O=C(Nc1cccc(-c2n[nH]c(C3CC3)n2)c1)C1CC(=O)N(Cc2ccco2)C1. The van der Waals surface area contributed by atoms with Crippen LogP contribution in [0, 0.1) is 5.92 Å². The molecule has 1 saturated carbocycles. The van der Waals surface area contributed by atoms with E-state index in [-0.39, 0.29) is 24.2 Å². The Morgan fingerprint density at radius 1 is 1.28 bits per heavy atom. The summed E-state index contributed by atoms with van der Waals surface area (Å²) in [6.07, 6.45) is 4.09. The number of carbonyl (C=O) groups is 2. The summed E-state index contributed by atoms with van der Waals surface area (Å²) < 4.78 is 5.30. The number of furan rings is 1. The van der Waals surface area contributed by atoms with Gasteiger partial charge in [-0.2, -0.15) is 5.10 Å². The monoisotopic (exact) mass is 391 g/mol. The molecule has 1 atom stereocenters. The zero-order chi connectivity index (χ0) is 19.8. The molecule has 3 aromatic rings. The number of hydrogen-bond donors (Lipinski definition) is 2. The Morgan fingerprint density at radius 3 is 2.97 bits per heavy atom. The molecule has 1 aromatic carbocycles. The van der Waals surface area contributed by atoms with Crippen molar-refractivity contribution >= 4 is 17.5 Å². The van der Waals surface area contributed by atoms with Gasteiger partial charge in [0.25, 0.3) is 0 Å². The van der Waals surface area contributed by atoms with Gasteiger partial charge in [-0.3, -0.25) is 14.7 Å². The van der Waals surface area contributed by atoms with Crippen LogP contribution in [0.2, 0.25) is 0 Å². The van der Waals surface area contributed by atoms with Crippen LogP contribution in [0.25, 0.3) is 11.4 Å². The summed E-state index contributed by atoms with van der Waals surface area (Å²) in [6.45, 7) is 0.774. The van der Waals surface area contributed by atoms with E-state index in [1.807, 2.05) is 30.3 Å². The molecule has 0 radical (unpaired) electrons. The Labute approximate surface area is 167 Å². The lowest BCUT2D eigenvalue weighted by Crippen LogP contribution is -2.27. The minimum Gasteiger partial charge on any atom is -0.467 e. The molecule has 1 aliphatic heterocycles. The fourth-order valence-corrected chi connectivity index (χ4v) is 3.61. The average molecular weight is 391 g/mol. The standard InChI is InChI=1S/C21H21N5O3/c27-18-10-15(11-26(18)12-17-5-2-8-29-17)21(28)22-16-4-1-3-14(9-16)20-23-19(24-25-20)13-6-7-13/h1-5,8-9,13,15H,6-7,10-12H2,(H,22,28)(H,23,24,25). The molecule has 8 heteroatoms. The number of nitrogens with one attached hydrogen (secondary N) is 2. The molecule has 1 unspecified atom stereocenters. The van der Waals surface area contributed by atoms with E-state index in [0.29, 0.717) is 36.3 Å². The first-order valence-electron chi connectivity index (χ1n) is 9.79. The highest BCUT2D eigenvalue weighted by atomic mass is 16.3. The Morgan fingerprint density at radius 2 is 2.17 bits per heavy atom. The van der Waals surface area contributed by atoms with Crippen molar-refractivity contribution < 1.29 is 14.0 Å². The third-order valence-electron chi connectivity index (χ3n) is 5.37. The molecule has 1 aliphatic carbocycles. The number of carbonyl (C=O) groups excluding carboxylic acids is 2. The maximum atomic E-state index is 12.7. The van der Waals surface area contributed by atoms with E-state index in [4.69, 9.17) is 4.42 Å². The van der Waals surface area contributed by atoms with Crippen LogP contribution in [-0.4, -0.2) is 38.4 Å². The maximum absolute atomic E-state index is 12.7. The van der Waals surface area contributed by atoms with Crippen LogP contribution in [0.4, 0.5) is 5.69 Å². The highest BCUT2D eigenvalue weighted by Crippen LogP contribution is 2.38. The van der Waals surface area contributed by atoms with Gasteiger partial charge in [0.15, 0.2) is 5.82 Å². The van der Waals surface area contributed by atoms with Gasteiger partial charge in [-0.25, -0.2) is 4.98 Å².